The van der Waals surface area contributed by atoms with Crippen LogP contribution in [0.3, 0.4) is 0 Å². The standard InChI is InChI=1S/C9H9Cl2N3S/c1-2-12-9-13-7-4-5(10)3-6(11)8(7)15-14-9/h3-4H,2H2,1H3,(H2,12,13,14). The molecule has 15 heavy (non-hydrogen) atoms. The van der Waals surface area contributed by atoms with Gasteiger partial charge in [-0.3, -0.25) is 9.71 Å². The topological polar surface area (TPSA) is 36.4 Å². The highest BCUT2D eigenvalue weighted by Gasteiger charge is 2.17. The molecule has 2 rings (SSSR count). The Bertz CT molecular complexity index is 420. The second kappa shape index (κ2) is 4.51. The molecule has 0 saturated heterocycles. The highest BCUT2D eigenvalue weighted by Crippen LogP contribution is 2.37. The first-order valence-electron chi connectivity index (χ1n) is 4.44. The van der Waals surface area contributed by atoms with Crippen LogP contribution >= 0.6 is 35.1 Å². The van der Waals surface area contributed by atoms with E-state index in [0.717, 1.165) is 23.1 Å². The van der Waals surface area contributed by atoms with Crippen molar-refractivity contribution in [2.45, 2.75) is 11.8 Å². The lowest BCUT2D eigenvalue weighted by Gasteiger charge is -2.21. The molecule has 0 bridgehead atoms. The molecule has 1 heterocycles. The van der Waals surface area contributed by atoms with Crippen LogP contribution in [0.5, 0.6) is 0 Å². The average Bonchev–Trinajstić information content (AvgIpc) is 2.17. The molecule has 1 aromatic carbocycles. The summed E-state index contributed by atoms with van der Waals surface area (Å²) in [5.74, 6) is 0.730. The number of hydrogen-bond acceptors (Lipinski definition) is 2. The number of rotatable bonds is 1. The molecule has 0 unspecified atom stereocenters. The van der Waals surface area contributed by atoms with E-state index in [4.69, 9.17) is 23.2 Å². The minimum Gasteiger partial charge on any atom is -0.324 e. The zero-order chi connectivity index (χ0) is 10.8. The van der Waals surface area contributed by atoms with Gasteiger partial charge in [-0.15, -0.1) is 0 Å². The number of hydrogen-bond donors (Lipinski definition) is 2. The van der Waals surface area contributed by atoms with Gasteiger partial charge < -0.3 is 5.32 Å². The molecular weight excluding hydrogens is 253 g/mol. The summed E-state index contributed by atoms with van der Waals surface area (Å²) in [7, 11) is 0. The van der Waals surface area contributed by atoms with E-state index in [-0.39, 0.29) is 0 Å². The van der Waals surface area contributed by atoms with Crippen molar-refractivity contribution in [1.82, 2.24) is 4.72 Å². The maximum Gasteiger partial charge on any atom is 0.206 e. The molecule has 0 saturated carbocycles. The van der Waals surface area contributed by atoms with Crippen molar-refractivity contribution < 1.29 is 0 Å². The average molecular weight is 262 g/mol. The van der Waals surface area contributed by atoms with E-state index in [1.807, 2.05) is 13.0 Å². The van der Waals surface area contributed by atoms with E-state index >= 15 is 0 Å². The first-order chi connectivity index (χ1) is 7.20. The molecule has 80 valence electrons. The van der Waals surface area contributed by atoms with Crippen molar-refractivity contribution in [3.05, 3.63) is 22.2 Å². The Balaban J connectivity index is 2.37. The summed E-state index contributed by atoms with van der Waals surface area (Å²) in [6.45, 7) is 2.70. The number of nitrogens with zero attached hydrogens (tertiary/aromatic N) is 1. The van der Waals surface area contributed by atoms with E-state index in [0.29, 0.717) is 10.0 Å². The maximum atomic E-state index is 6.05. The van der Waals surface area contributed by atoms with Crippen LogP contribution < -0.4 is 10.0 Å². The number of aliphatic imine (C=N–C) groups is 1. The summed E-state index contributed by atoms with van der Waals surface area (Å²) in [5.41, 5.74) is 0.892. The van der Waals surface area contributed by atoms with Crippen molar-refractivity contribution in [2.75, 3.05) is 11.9 Å². The molecule has 0 atom stereocenters. The first kappa shape index (κ1) is 10.9. The van der Waals surface area contributed by atoms with Gasteiger partial charge in [-0.05, 0) is 31.0 Å². The zero-order valence-corrected chi connectivity index (χ0v) is 10.3. The lowest BCUT2D eigenvalue weighted by molar-refractivity contribution is 1.10. The van der Waals surface area contributed by atoms with Gasteiger partial charge in [-0.25, -0.2) is 0 Å². The predicted molar refractivity (Wildman–Crippen MR) is 67.1 cm³/mol. The summed E-state index contributed by atoms with van der Waals surface area (Å²) in [6.07, 6.45) is 0. The van der Waals surface area contributed by atoms with Crippen molar-refractivity contribution in [3.63, 3.8) is 0 Å². The Hall–Kier alpha value is -0.580. The Kier molecular flexibility index (Phi) is 3.29. The molecule has 0 amide bonds. The van der Waals surface area contributed by atoms with Gasteiger partial charge in [-0.2, -0.15) is 0 Å². The number of fused-ring (bicyclic) bond motifs is 1. The monoisotopic (exact) mass is 261 g/mol. The van der Waals surface area contributed by atoms with Gasteiger partial charge >= 0.3 is 0 Å². The molecule has 3 nitrogen and oxygen atoms in total. The lowest BCUT2D eigenvalue weighted by atomic mass is 10.3. The molecule has 6 heteroatoms. The summed E-state index contributed by atoms with van der Waals surface area (Å²) in [6, 6.07) is 3.56. The number of guanidine groups is 1. The van der Waals surface area contributed by atoms with Crippen molar-refractivity contribution in [2.24, 2.45) is 4.99 Å². The van der Waals surface area contributed by atoms with Gasteiger partial charge in [0.1, 0.15) is 0 Å². The normalized spacial score (nSPS) is 16.9. The molecule has 1 aliphatic heterocycles. The summed E-state index contributed by atoms with van der Waals surface area (Å²) in [4.78, 5) is 5.17. The largest absolute Gasteiger partial charge is 0.324 e. The highest BCUT2D eigenvalue weighted by atomic mass is 35.5. The van der Waals surface area contributed by atoms with Gasteiger partial charge in [-0.1, -0.05) is 23.2 Å². The molecule has 0 spiro atoms. The minimum absolute atomic E-state index is 0.615. The first-order valence-corrected chi connectivity index (χ1v) is 6.01. The quantitative estimate of drug-likeness (QED) is 0.761. The van der Waals surface area contributed by atoms with Gasteiger partial charge in [0.2, 0.25) is 5.96 Å². The maximum absolute atomic E-state index is 6.05. The highest BCUT2D eigenvalue weighted by molar-refractivity contribution is 7.98. The smallest absolute Gasteiger partial charge is 0.206 e. The summed E-state index contributed by atoms with van der Waals surface area (Å²) < 4.78 is 3.06. The van der Waals surface area contributed by atoms with E-state index in [1.54, 1.807) is 6.07 Å². The van der Waals surface area contributed by atoms with Crippen LogP contribution in [0.2, 0.25) is 10.0 Å². The molecule has 0 aliphatic carbocycles. The number of anilines is 1. The fourth-order valence-corrected chi connectivity index (χ4v) is 2.54. The van der Waals surface area contributed by atoms with Gasteiger partial charge in [0.25, 0.3) is 0 Å². The third kappa shape index (κ3) is 2.33. The summed E-state index contributed by atoms with van der Waals surface area (Å²) >= 11 is 13.4. The third-order valence-electron chi connectivity index (χ3n) is 1.83. The van der Waals surface area contributed by atoms with Crippen LogP contribution in [0.15, 0.2) is 22.0 Å². The Morgan fingerprint density at radius 3 is 2.93 bits per heavy atom. The Labute approximate surface area is 102 Å². The minimum atomic E-state index is 0.615. The van der Waals surface area contributed by atoms with Crippen LogP contribution in [0.1, 0.15) is 6.92 Å². The van der Waals surface area contributed by atoms with Crippen molar-refractivity contribution in [3.8, 4) is 0 Å². The Morgan fingerprint density at radius 2 is 2.20 bits per heavy atom. The fraction of sp³-hybridized carbons (Fsp3) is 0.222. The van der Waals surface area contributed by atoms with Gasteiger partial charge in [0, 0.05) is 11.6 Å². The number of benzene rings is 1. The molecular formula is C9H9Cl2N3S. The second-order valence-electron chi connectivity index (χ2n) is 2.92. The molecule has 1 aliphatic rings. The molecule has 2 N–H and O–H groups in total. The van der Waals surface area contributed by atoms with E-state index in [2.05, 4.69) is 15.0 Å². The second-order valence-corrected chi connectivity index (χ2v) is 4.58. The Morgan fingerprint density at radius 1 is 1.40 bits per heavy atom. The molecule has 1 aromatic rings. The van der Waals surface area contributed by atoms with Gasteiger partial charge in [0.05, 0.1) is 15.6 Å². The third-order valence-corrected chi connectivity index (χ3v) is 3.40. The molecule has 0 radical (unpaired) electrons. The van der Waals surface area contributed by atoms with E-state index in [1.165, 1.54) is 11.9 Å². The van der Waals surface area contributed by atoms with Crippen molar-refractivity contribution >= 4 is 46.8 Å². The van der Waals surface area contributed by atoms with E-state index in [9.17, 15) is 0 Å². The molecule has 0 fully saturated rings. The number of halogens is 2. The van der Waals surface area contributed by atoms with Crippen LogP contribution in [-0.2, 0) is 0 Å². The lowest BCUT2D eigenvalue weighted by Crippen LogP contribution is -2.29. The van der Waals surface area contributed by atoms with Crippen LogP contribution in [0, 0.1) is 0 Å². The summed E-state index contributed by atoms with van der Waals surface area (Å²) in [5, 5.41) is 4.38. The zero-order valence-electron chi connectivity index (χ0n) is 7.97. The fourth-order valence-electron chi connectivity index (χ4n) is 1.24. The number of nitrogens with one attached hydrogen (secondary N) is 2. The van der Waals surface area contributed by atoms with Crippen LogP contribution in [0.4, 0.5) is 5.69 Å². The SMILES string of the molecule is CCN=C1NSc2c(Cl)cc(Cl)cc2N1. The van der Waals surface area contributed by atoms with Gasteiger partial charge in [0.15, 0.2) is 0 Å². The van der Waals surface area contributed by atoms with Crippen molar-refractivity contribution in [1.29, 1.82) is 0 Å². The predicted octanol–water partition coefficient (Wildman–Crippen LogP) is 3.39. The van der Waals surface area contributed by atoms with Crippen LogP contribution in [0.25, 0.3) is 0 Å². The molecule has 0 aromatic heterocycles. The van der Waals surface area contributed by atoms with E-state index < -0.39 is 0 Å². The van der Waals surface area contributed by atoms with Crippen LogP contribution in [-0.4, -0.2) is 12.5 Å².